The van der Waals surface area contributed by atoms with Crippen LogP contribution in [0.4, 0.5) is 0 Å². The van der Waals surface area contributed by atoms with Crippen LogP contribution in [-0.2, 0) is 13.6 Å². The second-order valence-electron chi connectivity index (χ2n) is 9.59. The van der Waals surface area contributed by atoms with Crippen molar-refractivity contribution in [2.24, 2.45) is 0 Å². The van der Waals surface area contributed by atoms with Gasteiger partial charge in [-0.2, -0.15) is 0 Å². The SMILES string of the molecule is CCCCCCCCCCCCCCCCC(CO)OP(=O)([O-])OCC[N+](C)(C)C. The predicted molar refractivity (Wildman–Crippen MR) is 123 cm³/mol. The first-order valence-corrected chi connectivity index (χ1v) is 13.7. The summed E-state index contributed by atoms with van der Waals surface area (Å²) in [6.45, 7) is 2.61. The van der Waals surface area contributed by atoms with Gasteiger partial charge in [0.25, 0.3) is 7.82 Å². The molecule has 7 heteroatoms. The fourth-order valence-corrected chi connectivity index (χ4v) is 4.29. The zero-order chi connectivity index (χ0) is 22.7. The molecule has 0 spiro atoms. The van der Waals surface area contributed by atoms with Crippen LogP contribution in [0.5, 0.6) is 0 Å². The molecule has 0 fully saturated rings. The molecule has 0 aliphatic rings. The van der Waals surface area contributed by atoms with E-state index in [0.29, 0.717) is 17.4 Å². The fourth-order valence-electron chi connectivity index (χ4n) is 3.38. The highest BCUT2D eigenvalue weighted by Gasteiger charge is 2.18. The maximum atomic E-state index is 11.9. The van der Waals surface area contributed by atoms with Gasteiger partial charge in [0.2, 0.25) is 0 Å². The van der Waals surface area contributed by atoms with Gasteiger partial charge in [0.15, 0.2) is 0 Å². The number of hydrogen-bond acceptors (Lipinski definition) is 5. The van der Waals surface area contributed by atoms with Gasteiger partial charge in [-0.3, -0.25) is 4.57 Å². The lowest BCUT2D eigenvalue weighted by Gasteiger charge is -2.29. The van der Waals surface area contributed by atoms with Gasteiger partial charge in [0.1, 0.15) is 13.2 Å². The number of phosphoric acid groups is 1. The molecule has 30 heavy (non-hydrogen) atoms. The van der Waals surface area contributed by atoms with Crippen LogP contribution < -0.4 is 4.89 Å². The number of phosphoric ester groups is 1. The molecule has 1 N–H and O–H groups in total. The normalized spacial score (nSPS) is 15.3. The zero-order valence-electron chi connectivity index (χ0n) is 20.3. The highest BCUT2D eigenvalue weighted by Crippen LogP contribution is 2.40. The third-order valence-corrected chi connectivity index (χ3v) is 6.43. The average molecular weight is 452 g/mol. The topological polar surface area (TPSA) is 78.8 Å². The Balaban J connectivity index is 3.61. The van der Waals surface area contributed by atoms with Gasteiger partial charge in [-0.15, -0.1) is 0 Å². The number of unbranched alkanes of at least 4 members (excludes halogenated alkanes) is 13. The van der Waals surface area contributed by atoms with Crippen molar-refractivity contribution in [2.45, 2.75) is 109 Å². The van der Waals surface area contributed by atoms with E-state index in [0.717, 1.165) is 19.3 Å². The van der Waals surface area contributed by atoms with E-state index in [4.69, 9.17) is 9.05 Å². The summed E-state index contributed by atoms with van der Waals surface area (Å²) in [7, 11) is 1.53. The van der Waals surface area contributed by atoms with Crippen LogP contribution in [-0.4, -0.2) is 56.6 Å². The van der Waals surface area contributed by atoms with Crippen molar-refractivity contribution in [3.8, 4) is 0 Å². The number of rotatable bonds is 22. The summed E-state index contributed by atoms with van der Waals surface area (Å²) in [6, 6.07) is 0. The van der Waals surface area contributed by atoms with Crippen molar-refractivity contribution in [3.63, 3.8) is 0 Å². The Labute approximate surface area is 186 Å². The quantitative estimate of drug-likeness (QED) is 0.135. The van der Waals surface area contributed by atoms with E-state index in [1.54, 1.807) is 0 Å². The molecule has 6 nitrogen and oxygen atoms in total. The monoisotopic (exact) mass is 451 g/mol. The summed E-state index contributed by atoms with van der Waals surface area (Å²) in [5.74, 6) is 0. The van der Waals surface area contributed by atoms with Crippen LogP contribution in [0.15, 0.2) is 0 Å². The van der Waals surface area contributed by atoms with Gasteiger partial charge in [-0.05, 0) is 6.42 Å². The zero-order valence-corrected chi connectivity index (χ0v) is 21.2. The number of aliphatic hydroxyl groups is 1. The van der Waals surface area contributed by atoms with Crippen molar-refractivity contribution in [2.75, 3.05) is 40.9 Å². The van der Waals surface area contributed by atoms with Crippen molar-refractivity contribution >= 4 is 7.82 Å². The Kier molecular flexibility index (Phi) is 18.6. The molecule has 0 aliphatic carbocycles. The molecule has 2 unspecified atom stereocenters. The van der Waals surface area contributed by atoms with Gasteiger partial charge in [-0.25, -0.2) is 0 Å². The Morgan fingerprint density at radius 1 is 0.833 bits per heavy atom. The van der Waals surface area contributed by atoms with Gasteiger partial charge in [0.05, 0.1) is 33.9 Å². The standard InChI is InChI=1S/C23H50NO5P/c1-5-6-7-8-9-10-11-12-13-14-15-16-17-18-19-23(22-25)29-30(26,27)28-21-20-24(2,3)4/h23,25H,5-22H2,1-4H3. The molecule has 0 aliphatic heterocycles. The molecule has 0 aromatic rings. The molecule has 0 saturated heterocycles. The predicted octanol–water partition coefficient (Wildman–Crippen LogP) is 5.43. The molecule has 2 atom stereocenters. The smallest absolute Gasteiger partial charge is 0.268 e. The first-order valence-electron chi connectivity index (χ1n) is 12.3. The molecule has 0 aromatic heterocycles. The van der Waals surface area contributed by atoms with E-state index in [9.17, 15) is 14.6 Å². The van der Waals surface area contributed by atoms with Gasteiger partial charge < -0.3 is 23.5 Å². The van der Waals surface area contributed by atoms with Crippen LogP contribution in [0.2, 0.25) is 0 Å². The summed E-state index contributed by atoms with van der Waals surface area (Å²) in [5, 5.41) is 9.40. The molecule has 182 valence electrons. The molecule has 0 amide bonds. The summed E-state index contributed by atoms with van der Waals surface area (Å²) in [5.41, 5.74) is 0. The van der Waals surface area contributed by atoms with Crippen LogP contribution in [0, 0.1) is 0 Å². The van der Waals surface area contributed by atoms with E-state index in [-0.39, 0.29) is 13.2 Å². The van der Waals surface area contributed by atoms with Crippen LogP contribution in [0.1, 0.15) is 103 Å². The lowest BCUT2D eigenvalue weighted by Crippen LogP contribution is -2.37. The average Bonchev–Trinajstić information content (AvgIpc) is 2.66. The second-order valence-corrected chi connectivity index (χ2v) is 11.0. The van der Waals surface area contributed by atoms with Crippen LogP contribution >= 0.6 is 7.82 Å². The number of aliphatic hydroxyl groups excluding tert-OH is 1. The first kappa shape index (κ1) is 30.0. The first-order chi connectivity index (χ1) is 14.2. The minimum atomic E-state index is -4.36. The van der Waals surface area contributed by atoms with Crippen molar-refractivity contribution in [1.29, 1.82) is 0 Å². The van der Waals surface area contributed by atoms with Crippen molar-refractivity contribution in [1.82, 2.24) is 0 Å². The molecular formula is C23H50NO5P. The molecule has 0 bridgehead atoms. The van der Waals surface area contributed by atoms with Gasteiger partial charge in [0, 0.05) is 0 Å². The Morgan fingerprint density at radius 3 is 1.67 bits per heavy atom. The second kappa shape index (κ2) is 18.6. The molecule has 0 heterocycles. The minimum absolute atomic E-state index is 0.0846. The highest BCUT2D eigenvalue weighted by atomic mass is 31.2. The number of quaternary nitrogens is 1. The van der Waals surface area contributed by atoms with E-state index in [1.807, 2.05) is 21.1 Å². The Hall–Kier alpha value is 0.0300. The summed E-state index contributed by atoms with van der Waals surface area (Å²) >= 11 is 0. The summed E-state index contributed by atoms with van der Waals surface area (Å²) in [6.07, 6.45) is 17.7. The van der Waals surface area contributed by atoms with Crippen molar-refractivity contribution in [3.05, 3.63) is 0 Å². The molecule has 0 saturated carbocycles. The molecule has 0 radical (unpaired) electrons. The highest BCUT2D eigenvalue weighted by molar-refractivity contribution is 7.45. The van der Waals surface area contributed by atoms with E-state index >= 15 is 0 Å². The van der Waals surface area contributed by atoms with E-state index in [1.165, 1.54) is 70.6 Å². The molecule has 0 aromatic carbocycles. The fraction of sp³-hybridized carbons (Fsp3) is 1.00. The third kappa shape index (κ3) is 21.3. The van der Waals surface area contributed by atoms with E-state index in [2.05, 4.69) is 6.92 Å². The maximum absolute atomic E-state index is 11.9. The van der Waals surface area contributed by atoms with Gasteiger partial charge >= 0.3 is 0 Å². The lowest BCUT2D eigenvalue weighted by atomic mass is 10.0. The van der Waals surface area contributed by atoms with E-state index < -0.39 is 13.9 Å². The lowest BCUT2D eigenvalue weighted by molar-refractivity contribution is -0.870. The number of hydrogen-bond donors (Lipinski definition) is 1. The molecular weight excluding hydrogens is 401 g/mol. The summed E-state index contributed by atoms with van der Waals surface area (Å²) in [4.78, 5) is 11.9. The Morgan fingerprint density at radius 2 is 1.27 bits per heavy atom. The van der Waals surface area contributed by atoms with Crippen molar-refractivity contribution < 1.29 is 28.1 Å². The summed E-state index contributed by atoms with van der Waals surface area (Å²) < 4.78 is 22.5. The maximum Gasteiger partial charge on any atom is 0.268 e. The Bertz CT molecular complexity index is 428. The van der Waals surface area contributed by atoms with Gasteiger partial charge in [-0.1, -0.05) is 96.8 Å². The molecule has 0 rings (SSSR count). The number of likely N-dealkylation sites (N-methyl/N-ethyl adjacent to an activating group) is 1. The minimum Gasteiger partial charge on any atom is -0.756 e. The largest absolute Gasteiger partial charge is 0.756 e. The van der Waals surface area contributed by atoms with Crippen LogP contribution in [0.3, 0.4) is 0 Å². The van der Waals surface area contributed by atoms with Crippen LogP contribution in [0.25, 0.3) is 0 Å². The number of nitrogens with zero attached hydrogens (tertiary/aromatic N) is 1. The third-order valence-electron chi connectivity index (χ3n) is 5.37.